The number of rotatable bonds is 4. The van der Waals surface area contributed by atoms with Crippen LogP contribution in [0.2, 0.25) is 5.02 Å². The largest absolute Gasteiger partial charge is 0.465 e. The summed E-state index contributed by atoms with van der Waals surface area (Å²) >= 11 is 5.94. The lowest BCUT2D eigenvalue weighted by Crippen LogP contribution is -2.03. The monoisotopic (exact) mass is 311 g/mol. The highest BCUT2D eigenvalue weighted by atomic mass is 35.5. The Morgan fingerprint density at radius 3 is 2.76 bits per heavy atom. The molecule has 0 bridgehead atoms. The van der Waals surface area contributed by atoms with Crippen molar-refractivity contribution in [3.05, 3.63) is 52.7 Å². The molecule has 0 amide bonds. The van der Waals surface area contributed by atoms with Crippen molar-refractivity contribution in [3.8, 4) is 11.3 Å². The average molecular weight is 312 g/mol. The van der Waals surface area contributed by atoms with E-state index in [-0.39, 0.29) is 16.3 Å². The van der Waals surface area contributed by atoms with Crippen molar-refractivity contribution in [2.24, 2.45) is 0 Å². The van der Waals surface area contributed by atoms with Crippen LogP contribution in [0.25, 0.3) is 11.3 Å². The first-order chi connectivity index (χ1) is 10.0. The fraction of sp³-hybridized carbons (Fsp3) is 0.200. The zero-order valence-corrected chi connectivity index (χ0v) is 11.9. The van der Waals surface area contributed by atoms with Gasteiger partial charge in [0.25, 0.3) is 0 Å². The molecule has 2 aromatic rings. The van der Waals surface area contributed by atoms with Gasteiger partial charge >= 0.3 is 5.97 Å². The van der Waals surface area contributed by atoms with E-state index in [0.717, 1.165) is 0 Å². The normalized spacial score (nSPS) is 10.7. The second-order valence-corrected chi connectivity index (χ2v) is 4.70. The lowest BCUT2D eigenvalue weighted by molar-refractivity contribution is 0.0601. The summed E-state index contributed by atoms with van der Waals surface area (Å²) in [5.74, 6) is -0.564. The molecule has 0 radical (unpaired) electrons. The van der Waals surface area contributed by atoms with Crippen LogP contribution in [0.4, 0.5) is 8.78 Å². The van der Waals surface area contributed by atoms with Crippen molar-refractivity contribution in [3.63, 3.8) is 0 Å². The van der Waals surface area contributed by atoms with E-state index in [1.165, 1.54) is 19.2 Å². The van der Waals surface area contributed by atoms with Gasteiger partial charge in [-0.3, -0.25) is 4.98 Å². The Morgan fingerprint density at radius 2 is 2.10 bits per heavy atom. The fourth-order valence-corrected chi connectivity index (χ4v) is 2.06. The van der Waals surface area contributed by atoms with Gasteiger partial charge in [-0.1, -0.05) is 23.7 Å². The summed E-state index contributed by atoms with van der Waals surface area (Å²) < 4.78 is 29.5. The summed E-state index contributed by atoms with van der Waals surface area (Å²) in [5, 5.41) is 0.259. The van der Waals surface area contributed by atoms with Crippen LogP contribution < -0.4 is 0 Å². The number of benzene rings is 1. The van der Waals surface area contributed by atoms with Crippen LogP contribution in [0, 0.1) is 0 Å². The smallest absolute Gasteiger partial charge is 0.339 e. The number of methoxy groups -OCH3 is 1. The minimum Gasteiger partial charge on any atom is -0.465 e. The molecule has 0 aliphatic heterocycles. The molecule has 21 heavy (non-hydrogen) atoms. The summed E-state index contributed by atoms with van der Waals surface area (Å²) in [6.07, 6.45) is -2.87. The Bertz CT molecular complexity index is 662. The summed E-state index contributed by atoms with van der Waals surface area (Å²) in [6.45, 7) is 0. The molecule has 0 saturated carbocycles. The van der Waals surface area contributed by atoms with Gasteiger partial charge in [-0.05, 0) is 24.3 Å². The Labute approximate surface area is 125 Å². The standard InChI is InChI=1S/C15H12ClF2NO2/c1-21-15(20)11-7-9(5-6-12(11)16)13-4-2-3-10(19-13)8-14(17)18/h2-7,14H,8H2,1H3. The maximum atomic E-state index is 12.4. The number of carbonyl (C=O) groups is 1. The third-order valence-corrected chi connectivity index (χ3v) is 3.17. The fourth-order valence-electron chi connectivity index (χ4n) is 1.86. The van der Waals surface area contributed by atoms with Crippen molar-refractivity contribution in [1.82, 2.24) is 4.98 Å². The van der Waals surface area contributed by atoms with Gasteiger partial charge in [-0.15, -0.1) is 0 Å². The van der Waals surface area contributed by atoms with Gasteiger partial charge in [-0.25, -0.2) is 13.6 Å². The molecule has 0 aliphatic carbocycles. The molecular formula is C15H12ClF2NO2. The summed E-state index contributed by atoms with van der Waals surface area (Å²) in [7, 11) is 1.26. The molecule has 0 aliphatic rings. The van der Waals surface area contributed by atoms with Gasteiger partial charge in [0.15, 0.2) is 0 Å². The van der Waals surface area contributed by atoms with Gasteiger partial charge in [0, 0.05) is 11.3 Å². The van der Waals surface area contributed by atoms with Crippen LogP contribution in [-0.2, 0) is 11.2 Å². The average Bonchev–Trinajstić information content (AvgIpc) is 2.46. The van der Waals surface area contributed by atoms with E-state index >= 15 is 0 Å². The molecule has 110 valence electrons. The van der Waals surface area contributed by atoms with Crippen molar-refractivity contribution in [1.29, 1.82) is 0 Å². The molecule has 0 atom stereocenters. The maximum absolute atomic E-state index is 12.4. The third-order valence-electron chi connectivity index (χ3n) is 2.84. The number of halogens is 3. The van der Waals surface area contributed by atoms with Crippen molar-refractivity contribution < 1.29 is 18.3 Å². The molecule has 1 aromatic carbocycles. The number of esters is 1. The Kier molecular flexibility index (Phi) is 4.85. The highest BCUT2D eigenvalue weighted by Gasteiger charge is 2.13. The number of aromatic nitrogens is 1. The zero-order valence-electron chi connectivity index (χ0n) is 11.1. The van der Waals surface area contributed by atoms with Gasteiger partial charge < -0.3 is 4.74 Å². The molecule has 2 rings (SSSR count). The van der Waals surface area contributed by atoms with E-state index in [9.17, 15) is 13.6 Å². The molecule has 3 nitrogen and oxygen atoms in total. The second-order valence-electron chi connectivity index (χ2n) is 4.30. The van der Waals surface area contributed by atoms with E-state index in [1.807, 2.05) is 0 Å². The Morgan fingerprint density at radius 1 is 1.33 bits per heavy atom. The summed E-state index contributed by atoms with van der Waals surface area (Å²) in [6, 6.07) is 9.61. The van der Waals surface area contributed by atoms with Crippen LogP contribution in [0.3, 0.4) is 0 Å². The number of pyridine rings is 1. The van der Waals surface area contributed by atoms with Crippen LogP contribution in [-0.4, -0.2) is 24.5 Å². The minimum absolute atomic E-state index is 0.206. The number of hydrogen-bond acceptors (Lipinski definition) is 3. The van der Waals surface area contributed by atoms with Crippen molar-refractivity contribution in [2.45, 2.75) is 12.8 Å². The molecule has 0 N–H and O–H groups in total. The van der Waals surface area contributed by atoms with Crippen LogP contribution in [0.1, 0.15) is 16.1 Å². The molecular weight excluding hydrogens is 300 g/mol. The molecule has 0 unspecified atom stereocenters. The second kappa shape index (κ2) is 6.63. The number of hydrogen-bond donors (Lipinski definition) is 0. The highest BCUT2D eigenvalue weighted by molar-refractivity contribution is 6.33. The number of nitrogens with zero attached hydrogens (tertiary/aromatic N) is 1. The van der Waals surface area contributed by atoms with E-state index in [1.54, 1.807) is 24.3 Å². The molecule has 0 fully saturated rings. The molecule has 6 heteroatoms. The predicted octanol–water partition coefficient (Wildman–Crippen LogP) is 4.00. The zero-order chi connectivity index (χ0) is 15.4. The molecule has 1 aromatic heterocycles. The van der Waals surface area contributed by atoms with Crippen LogP contribution >= 0.6 is 11.6 Å². The summed E-state index contributed by atoms with van der Waals surface area (Å²) in [4.78, 5) is 15.8. The van der Waals surface area contributed by atoms with Gasteiger partial charge in [-0.2, -0.15) is 0 Å². The number of carbonyl (C=O) groups excluding carboxylic acids is 1. The topological polar surface area (TPSA) is 39.2 Å². The summed E-state index contributed by atoms with van der Waals surface area (Å²) in [5.41, 5.74) is 1.60. The first kappa shape index (κ1) is 15.4. The predicted molar refractivity (Wildman–Crippen MR) is 75.7 cm³/mol. The van der Waals surface area contributed by atoms with E-state index in [4.69, 9.17) is 11.6 Å². The third kappa shape index (κ3) is 3.76. The first-order valence-electron chi connectivity index (χ1n) is 6.13. The van der Waals surface area contributed by atoms with Gasteiger partial charge in [0.1, 0.15) is 0 Å². The lowest BCUT2D eigenvalue weighted by Gasteiger charge is -2.07. The minimum atomic E-state index is -2.46. The number of ether oxygens (including phenoxy) is 1. The van der Waals surface area contributed by atoms with Gasteiger partial charge in [0.05, 0.1) is 29.8 Å². The lowest BCUT2D eigenvalue weighted by atomic mass is 10.1. The SMILES string of the molecule is COC(=O)c1cc(-c2cccc(CC(F)F)n2)ccc1Cl. The van der Waals surface area contributed by atoms with Gasteiger partial charge in [0.2, 0.25) is 6.43 Å². The quantitative estimate of drug-likeness (QED) is 0.801. The van der Waals surface area contributed by atoms with E-state index in [0.29, 0.717) is 11.3 Å². The first-order valence-corrected chi connectivity index (χ1v) is 6.51. The van der Waals surface area contributed by atoms with Crippen molar-refractivity contribution >= 4 is 17.6 Å². The van der Waals surface area contributed by atoms with Crippen LogP contribution in [0.5, 0.6) is 0 Å². The maximum Gasteiger partial charge on any atom is 0.339 e. The highest BCUT2D eigenvalue weighted by Crippen LogP contribution is 2.25. The molecule has 1 heterocycles. The molecule has 0 saturated heterocycles. The Hall–Kier alpha value is -2.01. The number of alkyl halides is 2. The Balaban J connectivity index is 2.40. The molecule has 0 spiro atoms. The van der Waals surface area contributed by atoms with Crippen molar-refractivity contribution in [2.75, 3.05) is 7.11 Å². The van der Waals surface area contributed by atoms with Crippen LogP contribution in [0.15, 0.2) is 36.4 Å². The van der Waals surface area contributed by atoms with E-state index in [2.05, 4.69) is 9.72 Å². The van der Waals surface area contributed by atoms with E-state index < -0.39 is 18.8 Å².